The molecule has 0 N–H and O–H groups in total. The molecule has 0 radical (unpaired) electrons. The van der Waals surface area contributed by atoms with Crippen LogP contribution in [0.4, 0.5) is 5.69 Å². The Balaban J connectivity index is 0.00000289. The van der Waals surface area contributed by atoms with Crippen molar-refractivity contribution < 1.29 is 9.53 Å². The van der Waals surface area contributed by atoms with Gasteiger partial charge in [0.15, 0.2) is 0 Å². The van der Waals surface area contributed by atoms with Crippen molar-refractivity contribution in [2.24, 2.45) is 4.99 Å². The van der Waals surface area contributed by atoms with Gasteiger partial charge >= 0.3 is 5.97 Å². The largest absolute Gasteiger partial charge is 0.459 e. The molecule has 2 heterocycles. The Labute approximate surface area is 196 Å². The molecule has 0 aliphatic rings. The van der Waals surface area contributed by atoms with E-state index in [2.05, 4.69) is 4.99 Å². The SMILES string of the molecule is CC(C)OC(=O)c1sc2c(c1N=CN(C)C)c1ccccc1c(=O)n2-c1ccccc1.Cl. The lowest BCUT2D eigenvalue weighted by Gasteiger charge is -2.10. The zero-order valence-corrected chi connectivity index (χ0v) is 19.9. The van der Waals surface area contributed by atoms with Crippen LogP contribution in [0.3, 0.4) is 0 Å². The summed E-state index contributed by atoms with van der Waals surface area (Å²) in [6, 6.07) is 16.9. The molecule has 0 amide bonds. The van der Waals surface area contributed by atoms with E-state index in [1.165, 1.54) is 11.3 Å². The van der Waals surface area contributed by atoms with Crippen molar-refractivity contribution in [1.29, 1.82) is 0 Å². The average Bonchev–Trinajstić information content (AvgIpc) is 3.12. The first kappa shape index (κ1) is 23.5. The summed E-state index contributed by atoms with van der Waals surface area (Å²) >= 11 is 1.23. The van der Waals surface area contributed by atoms with Crippen molar-refractivity contribution >= 4 is 62.7 Å². The van der Waals surface area contributed by atoms with Gasteiger partial charge < -0.3 is 9.64 Å². The summed E-state index contributed by atoms with van der Waals surface area (Å²) in [6.07, 6.45) is 1.39. The Hall–Kier alpha value is -3.16. The molecule has 2 aromatic heterocycles. The van der Waals surface area contributed by atoms with E-state index in [4.69, 9.17) is 4.74 Å². The van der Waals surface area contributed by atoms with Crippen LogP contribution in [-0.2, 0) is 4.74 Å². The number of aliphatic imine (C=N–C) groups is 1. The predicted octanol–water partition coefficient (Wildman–Crippen LogP) is 5.41. The van der Waals surface area contributed by atoms with E-state index in [9.17, 15) is 9.59 Å². The minimum atomic E-state index is -0.446. The smallest absolute Gasteiger partial charge is 0.350 e. The highest BCUT2D eigenvalue weighted by Gasteiger charge is 2.25. The molecule has 0 saturated heterocycles. The second kappa shape index (κ2) is 9.54. The van der Waals surface area contributed by atoms with Gasteiger partial charge in [-0.3, -0.25) is 9.36 Å². The average molecular weight is 470 g/mol. The van der Waals surface area contributed by atoms with E-state index in [-0.39, 0.29) is 24.1 Å². The molecule has 166 valence electrons. The number of hydrogen-bond acceptors (Lipinski definition) is 5. The fourth-order valence-electron chi connectivity index (χ4n) is 3.43. The molecule has 32 heavy (non-hydrogen) atoms. The molecular weight excluding hydrogens is 446 g/mol. The van der Waals surface area contributed by atoms with Gasteiger partial charge in [-0.05, 0) is 37.4 Å². The van der Waals surface area contributed by atoms with Gasteiger partial charge in [0.1, 0.15) is 15.4 Å². The molecule has 0 unspecified atom stereocenters. The van der Waals surface area contributed by atoms with Crippen LogP contribution < -0.4 is 5.56 Å². The highest BCUT2D eigenvalue weighted by Crippen LogP contribution is 2.42. The third-order valence-electron chi connectivity index (χ3n) is 4.66. The number of halogens is 1. The van der Waals surface area contributed by atoms with Gasteiger partial charge in [0.05, 0.1) is 18.1 Å². The highest BCUT2D eigenvalue weighted by molar-refractivity contribution is 7.21. The number of ether oxygens (including phenoxy) is 1. The molecule has 0 fully saturated rings. The minimum Gasteiger partial charge on any atom is -0.459 e. The second-order valence-electron chi connectivity index (χ2n) is 7.64. The third-order valence-corrected chi connectivity index (χ3v) is 5.80. The van der Waals surface area contributed by atoms with Gasteiger partial charge in [-0.15, -0.1) is 23.7 Å². The third kappa shape index (κ3) is 4.26. The van der Waals surface area contributed by atoms with Gasteiger partial charge in [0.25, 0.3) is 5.56 Å². The summed E-state index contributed by atoms with van der Waals surface area (Å²) in [5.74, 6) is -0.446. The van der Waals surface area contributed by atoms with Crippen molar-refractivity contribution in [3.8, 4) is 5.69 Å². The number of nitrogens with zero attached hydrogens (tertiary/aromatic N) is 3. The number of carbonyl (C=O) groups excluding carboxylic acids is 1. The molecule has 6 nitrogen and oxygen atoms in total. The second-order valence-corrected chi connectivity index (χ2v) is 8.64. The Morgan fingerprint density at radius 3 is 2.31 bits per heavy atom. The number of aromatic nitrogens is 1. The first-order valence-electron chi connectivity index (χ1n) is 9.95. The van der Waals surface area contributed by atoms with Gasteiger partial charge in [0.2, 0.25) is 0 Å². The monoisotopic (exact) mass is 469 g/mol. The maximum atomic E-state index is 13.5. The number of rotatable bonds is 5. The summed E-state index contributed by atoms with van der Waals surface area (Å²) in [4.78, 5) is 33.9. The van der Waals surface area contributed by atoms with Gasteiger partial charge in [-0.25, -0.2) is 9.79 Å². The van der Waals surface area contributed by atoms with Crippen LogP contribution in [0, 0.1) is 0 Å². The number of benzene rings is 2. The molecule has 0 spiro atoms. The minimum absolute atomic E-state index is 0. The number of fused-ring (bicyclic) bond motifs is 3. The van der Waals surface area contributed by atoms with Crippen molar-refractivity contribution in [3.63, 3.8) is 0 Å². The lowest BCUT2D eigenvalue weighted by molar-refractivity contribution is 0.0385. The van der Waals surface area contributed by atoms with Crippen molar-refractivity contribution in [2.45, 2.75) is 20.0 Å². The summed E-state index contributed by atoms with van der Waals surface area (Å²) < 4.78 is 7.15. The molecule has 4 aromatic rings. The number of para-hydroxylation sites is 1. The van der Waals surface area contributed by atoms with E-state index < -0.39 is 5.97 Å². The van der Waals surface area contributed by atoms with Gasteiger partial charge in [0, 0.05) is 24.9 Å². The standard InChI is InChI=1S/C24H23N3O3S.ClH/c1-15(2)30-24(29)21-20(25-14-26(3)4)19-17-12-8-9-13-18(17)22(28)27(23(19)31-21)16-10-6-5-7-11-16;/h5-15H,1-4H3;1H. The highest BCUT2D eigenvalue weighted by atomic mass is 35.5. The maximum absolute atomic E-state index is 13.5. The lowest BCUT2D eigenvalue weighted by Crippen LogP contribution is -2.18. The maximum Gasteiger partial charge on any atom is 0.350 e. The van der Waals surface area contributed by atoms with Gasteiger partial charge in [-0.2, -0.15) is 0 Å². The Morgan fingerprint density at radius 2 is 1.69 bits per heavy atom. The Kier molecular flexibility index (Phi) is 7.01. The van der Waals surface area contributed by atoms with Crippen LogP contribution in [0.2, 0.25) is 0 Å². The fourth-order valence-corrected chi connectivity index (χ4v) is 4.59. The lowest BCUT2D eigenvalue weighted by atomic mass is 10.1. The van der Waals surface area contributed by atoms with Crippen LogP contribution in [0.5, 0.6) is 0 Å². The molecule has 8 heteroatoms. The molecule has 0 bridgehead atoms. The van der Waals surface area contributed by atoms with Crippen LogP contribution >= 0.6 is 23.7 Å². The van der Waals surface area contributed by atoms with E-state index in [0.717, 1.165) is 16.5 Å². The first-order valence-corrected chi connectivity index (χ1v) is 10.8. The molecular formula is C24H24ClN3O3S. The molecule has 2 aromatic carbocycles. The summed E-state index contributed by atoms with van der Waals surface area (Å²) in [5, 5.41) is 2.10. The van der Waals surface area contributed by atoms with Crippen LogP contribution in [-0.4, -0.2) is 42.0 Å². The fraction of sp³-hybridized carbons (Fsp3) is 0.208. The quantitative estimate of drug-likeness (QED) is 0.222. The Bertz CT molecular complexity index is 1360. The van der Waals surface area contributed by atoms with Crippen molar-refractivity contribution in [1.82, 2.24) is 9.47 Å². The molecule has 0 atom stereocenters. The molecule has 0 aliphatic heterocycles. The number of carbonyl (C=O) groups is 1. The van der Waals surface area contributed by atoms with E-state index >= 15 is 0 Å². The molecule has 0 aliphatic carbocycles. The van der Waals surface area contributed by atoms with E-state index in [1.807, 2.05) is 76.5 Å². The topological polar surface area (TPSA) is 63.9 Å². The first-order chi connectivity index (χ1) is 14.9. The van der Waals surface area contributed by atoms with E-state index in [0.29, 0.717) is 20.8 Å². The van der Waals surface area contributed by atoms with Crippen LogP contribution in [0.15, 0.2) is 64.4 Å². The van der Waals surface area contributed by atoms with Crippen molar-refractivity contribution in [2.75, 3.05) is 14.1 Å². The van der Waals surface area contributed by atoms with Crippen molar-refractivity contribution in [3.05, 3.63) is 69.8 Å². The number of pyridine rings is 1. The van der Waals surface area contributed by atoms with E-state index in [1.54, 1.807) is 21.9 Å². The predicted molar refractivity (Wildman–Crippen MR) is 135 cm³/mol. The number of thiophene rings is 1. The normalized spacial score (nSPS) is 11.3. The molecule has 0 saturated carbocycles. The molecule has 4 rings (SSSR count). The zero-order chi connectivity index (χ0) is 22.1. The summed E-state index contributed by atoms with van der Waals surface area (Å²) in [5.41, 5.74) is 1.11. The van der Waals surface area contributed by atoms with Crippen LogP contribution in [0.1, 0.15) is 23.5 Å². The summed E-state index contributed by atoms with van der Waals surface area (Å²) in [6.45, 7) is 3.62. The van der Waals surface area contributed by atoms with Crippen LogP contribution in [0.25, 0.3) is 26.7 Å². The zero-order valence-electron chi connectivity index (χ0n) is 18.2. The van der Waals surface area contributed by atoms with Gasteiger partial charge in [-0.1, -0.05) is 36.4 Å². The Morgan fingerprint density at radius 1 is 1.06 bits per heavy atom. The number of hydrogen-bond donors (Lipinski definition) is 0. The number of esters is 1. The summed E-state index contributed by atoms with van der Waals surface area (Å²) in [7, 11) is 3.73.